The van der Waals surface area contributed by atoms with Crippen molar-refractivity contribution in [1.82, 2.24) is 15.3 Å². The Kier molecular flexibility index (Phi) is 6.74. The lowest BCUT2D eigenvalue weighted by Gasteiger charge is -2.33. The van der Waals surface area contributed by atoms with Crippen LogP contribution in [0, 0.1) is 0 Å². The Balaban J connectivity index is 1.85. The topological polar surface area (TPSA) is 80.9 Å². The maximum absolute atomic E-state index is 12.7. The fraction of sp³-hybridized carbons (Fsp3) is 0.227. The van der Waals surface area contributed by atoms with Crippen LogP contribution >= 0.6 is 11.6 Å². The number of primary amides is 1. The number of amides is 1. The molecule has 3 aromatic rings. The Morgan fingerprint density at radius 2 is 1.82 bits per heavy atom. The lowest BCUT2D eigenvalue weighted by Crippen LogP contribution is -2.53. The largest absolute Gasteiger partial charge is 0.368 e. The number of nitrogens with two attached hydrogens (primary N) is 1. The SMILES string of the molecule is NC(=O)C(CCc1ccncc1)(NCCc1cccnc1)c1cccc(Cl)c1. The van der Waals surface area contributed by atoms with Gasteiger partial charge in [0.1, 0.15) is 5.54 Å². The van der Waals surface area contributed by atoms with Gasteiger partial charge in [-0.15, -0.1) is 0 Å². The van der Waals surface area contributed by atoms with Crippen LogP contribution in [0.1, 0.15) is 23.1 Å². The third kappa shape index (κ3) is 4.94. The molecule has 1 unspecified atom stereocenters. The molecule has 1 atom stereocenters. The molecule has 144 valence electrons. The molecule has 0 spiro atoms. The van der Waals surface area contributed by atoms with E-state index in [9.17, 15) is 4.79 Å². The molecule has 0 bridgehead atoms. The molecule has 0 fully saturated rings. The summed E-state index contributed by atoms with van der Waals surface area (Å²) in [5.41, 5.74) is 7.87. The van der Waals surface area contributed by atoms with Crippen LogP contribution in [-0.4, -0.2) is 22.4 Å². The second-order valence-electron chi connectivity index (χ2n) is 6.67. The van der Waals surface area contributed by atoms with Gasteiger partial charge in [0.2, 0.25) is 5.91 Å². The van der Waals surface area contributed by atoms with E-state index >= 15 is 0 Å². The summed E-state index contributed by atoms with van der Waals surface area (Å²) in [5, 5.41) is 3.99. The van der Waals surface area contributed by atoms with Crippen molar-refractivity contribution < 1.29 is 4.79 Å². The Hall–Kier alpha value is -2.76. The molecule has 2 aromatic heterocycles. The lowest BCUT2D eigenvalue weighted by atomic mass is 9.83. The standard InChI is InChI=1S/C22H23ClN4O/c23-20-5-1-4-19(15-20)22(21(24)28,10-6-17-7-12-25-13-8-17)27-14-9-18-3-2-11-26-16-18/h1-5,7-8,11-13,15-16,27H,6,9-10,14H2,(H2,24,28). The first kappa shape index (κ1) is 20.0. The molecule has 0 saturated carbocycles. The zero-order valence-corrected chi connectivity index (χ0v) is 16.3. The number of rotatable bonds is 9. The van der Waals surface area contributed by atoms with Crippen LogP contribution in [0.15, 0.2) is 73.3 Å². The van der Waals surface area contributed by atoms with Gasteiger partial charge in [-0.1, -0.05) is 29.8 Å². The average molecular weight is 395 g/mol. The molecule has 0 saturated heterocycles. The molecule has 3 rings (SSSR count). The van der Waals surface area contributed by atoms with Crippen molar-refractivity contribution in [3.05, 3.63) is 95.0 Å². The van der Waals surface area contributed by atoms with Gasteiger partial charge in [0.25, 0.3) is 0 Å². The van der Waals surface area contributed by atoms with Crippen LogP contribution < -0.4 is 11.1 Å². The number of pyridine rings is 2. The minimum Gasteiger partial charge on any atom is -0.368 e. The summed E-state index contributed by atoms with van der Waals surface area (Å²) in [4.78, 5) is 20.9. The van der Waals surface area contributed by atoms with Gasteiger partial charge in [0.15, 0.2) is 0 Å². The highest BCUT2D eigenvalue weighted by Gasteiger charge is 2.37. The van der Waals surface area contributed by atoms with Crippen molar-refractivity contribution in [3.8, 4) is 0 Å². The van der Waals surface area contributed by atoms with Crippen LogP contribution in [0.5, 0.6) is 0 Å². The average Bonchev–Trinajstić information content (AvgIpc) is 2.72. The number of nitrogens with zero attached hydrogens (tertiary/aromatic N) is 2. The number of aromatic nitrogens is 2. The van der Waals surface area contributed by atoms with E-state index in [1.807, 2.05) is 42.6 Å². The zero-order valence-electron chi connectivity index (χ0n) is 15.5. The summed E-state index contributed by atoms with van der Waals surface area (Å²) in [5.74, 6) is -0.421. The van der Waals surface area contributed by atoms with Gasteiger partial charge in [-0.25, -0.2) is 0 Å². The molecule has 0 radical (unpaired) electrons. The summed E-state index contributed by atoms with van der Waals surface area (Å²) in [6.07, 6.45) is 8.98. The third-order valence-electron chi connectivity index (χ3n) is 4.84. The van der Waals surface area contributed by atoms with Crippen LogP contribution in [0.4, 0.5) is 0 Å². The minimum atomic E-state index is -1.02. The summed E-state index contributed by atoms with van der Waals surface area (Å²) < 4.78 is 0. The van der Waals surface area contributed by atoms with Gasteiger partial charge in [0.05, 0.1) is 0 Å². The highest BCUT2D eigenvalue weighted by Crippen LogP contribution is 2.29. The number of nitrogens with one attached hydrogen (secondary N) is 1. The summed E-state index contributed by atoms with van der Waals surface area (Å²) in [6, 6.07) is 15.1. The number of hydrogen-bond donors (Lipinski definition) is 2. The van der Waals surface area contributed by atoms with Crippen LogP contribution in [0.2, 0.25) is 5.02 Å². The molecule has 0 aliphatic rings. The van der Waals surface area contributed by atoms with Crippen molar-refractivity contribution in [2.24, 2.45) is 5.73 Å². The van der Waals surface area contributed by atoms with Gasteiger partial charge in [-0.2, -0.15) is 0 Å². The Morgan fingerprint density at radius 3 is 2.50 bits per heavy atom. The van der Waals surface area contributed by atoms with Crippen molar-refractivity contribution in [3.63, 3.8) is 0 Å². The Morgan fingerprint density at radius 1 is 1.00 bits per heavy atom. The summed E-state index contributed by atoms with van der Waals surface area (Å²) in [6.45, 7) is 0.581. The Bertz CT molecular complexity index is 905. The molecule has 6 heteroatoms. The first-order valence-corrected chi connectivity index (χ1v) is 9.57. The van der Waals surface area contributed by atoms with Gasteiger partial charge in [-0.3, -0.25) is 20.1 Å². The van der Waals surface area contributed by atoms with E-state index in [1.54, 1.807) is 30.7 Å². The van der Waals surface area contributed by atoms with Crippen LogP contribution in [0.3, 0.4) is 0 Å². The van der Waals surface area contributed by atoms with Gasteiger partial charge >= 0.3 is 0 Å². The number of carbonyl (C=O) groups excluding carboxylic acids is 1. The fourth-order valence-corrected chi connectivity index (χ4v) is 3.48. The van der Waals surface area contributed by atoms with Crippen molar-refractivity contribution in [1.29, 1.82) is 0 Å². The number of hydrogen-bond acceptors (Lipinski definition) is 4. The minimum absolute atomic E-state index is 0.421. The maximum atomic E-state index is 12.7. The summed E-state index contributed by atoms with van der Waals surface area (Å²) >= 11 is 6.21. The highest BCUT2D eigenvalue weighted by atomic mass is 35.5. The van der Waals surface area contributed by atoms with E-state index in [0.717, 1.165) is 23.1 Å². The smallest absolute Gasteiger partial charge is 0.242 e. The van der Waals surface area contributed by atoms with E-state index in [4.69, 9.17) is 17.3 Å². The second kappa shape index (κ2) is 9.44. The molecule has 2 heterocycles. The predicted molar refractivity (Wildman–Crippen MR) is 111 cm³/mol. The number of aryl methyl sites for hydroxylation is 1. The summed E-state index contributed by atoms with van der Waals surface area (Å²) in [7, 11) is 0. The second-order valence-corrected chi connectivity index (χ2v) is 7.11. The van der Waals surface area contributed by atoms with Gasteiger partial charge in [-0.05, 0) is 66.3 Å². The third-order valence-corrected chi connectivity index (χ3v) is 5.07. The monoisotopic (exact) mass is 394 g/mol. The van der Waals surface area contributed by atoms with Crippen LogP contribution in [0.25, 0.3) is 0 Å². The first-order chi connectivity index (χ1) is 13.6. The highest BCUT2D eigenvalue weighted by molar-refractivity contribution is 6.30. The van der Waals surface area contributed by atoms with E-state index in [0.29, 0.717) is 24.4 Å². The molecule has 1 amide bonds. The Labute approximate surface area is 170 Å². The van der Waals surface area contributed by atoms with E-state index in [-0.39, 0.29) is 0 Å². The van der Waals surface area contributed by atoms with E-state index in [1.165, 1.54) is 0 Å². The number of carbonyl (C=O) groups is 1. The molecule has 0 aliphatic heterocycles. The first-order valence-electron chi connectivity index (χ1n) is 9.19. The van der Waals surface area contributed by atoms with Gasteiger partial charge in [0, 0.05) is 36.4 Å². The number of halogens is 1. The number of benzene rings is 1. The molecule has 3 N–H and O–H groups in total. The molecule has 28 heavy (non-hydrogen) atoms. The predicted octanol–water partition coefficient (Wildman–Crippen LogP) is 3.28. The molecular formula is C22H23ClN4O. The fourth-order valence-electron chi connectivity index (χ4n) is 3.29. The normalized spacial score (nSPS) is 13.0. The van der Waals surface area contributed by atoms with Gasteiger partial charge < -0.3 is 5.73 Å². The molecular weight excluding hydrogens is 372 g/mol. The molecule has 0 aliphatic carbocycles. The quantitative estimate of drug-likeness (QED) is 0.583. The van der Waals surface area contributed by atoms with E-state index in [2.05, 4.69) is 15.3 Å². The van der Waals surface area contributed by atoms with E-state index < -0.39 is 11.4 Å². The van der Waals surface area contributed by atoms with Crippen molar-refractivity contribution in [2.75, 3.05) is 6.54 Å². The lowest BCUT2D eigenvalue weighted by molar-refractivity contribution is -0.125. The zero-order chi connectivity index (χ0) is 19.8. The molecule has 5 nitrogen and oxygen atoms in total. The maximum Gasteiger partial charge on any atom is 0.242 e. The van der Waals surface area contributed by atoms with Crippen molar-refractivity contribution in [2.45, 2.75) is 24.8 Å². The van der Waals surface area contributed by atoms with Crippen LogP contribution in [-0.2, 0) is 23.2 Å². The molecule has 1 aromatic carbocycles. The van der Waals surface area contributed by atoms with Crippen molar-refractivity contribution >= 4 is 17.5 Å².